The zero-order chi connectivity index (χ0) is 25.3. The highest BCUT2D eigenvalue weighted by molar-refractivity contribution is 6.12. The summed E-state index contributed by atoms with van der Waals surface area (Å²) in [6.07, 6.45) is 0. The lowest BCUT2D eigenvalue weighted by Crippen LogP contribution is -2.37. The average Bonchev–Trinajstić information content (AvgIpc) is 3.12. The van der Waals surface area contributed by atoms with Crippen LogP contribution in [-0.2, 0) is 7.05 Å². The molecule has 0 aliphatic heterocycles. The standard InChI is InChI=1S/C26H27N2O/c1-14(2)23-17(5)12-21(28(8)18(23)6)25-16(4)11-15(3)24-20-10-9-19(27-7)13-22(20)29-26(24)25/h9-14H,1-6,8H3/q+1/i1D3,12D,14D. The van der Waals surface area contributed by atoms with Crippen molar-refractivity contribution in [3.8, 4) is 11.3 Å². The lowest BCUT2D eigenvalue weighted by molar-refractivity contribution is -0.667. The van der Waals surface area contributed by atoms with Gasteiger partial charge in [0.2, 0.25) is 5.69 Å². The first kappa shape index (κ1) is 14.0. The van der Waals surface area contributed by atoms with Gasteiger partial charge in [-0.2, -0.15) is 4.57 Å². The first-order valence-electron chi connectivity index (χ1n) is 12.1. The SMILES string of the molecule is [2H]c1c(C)c(C([2H])(C)C([2H])([2H])[2H])c(C)[n+](C)c1-c1c(C)cc(C)c2c1oc1cc([N+]#[C-])ccc12. The van der Waals surface area contributed by atoms with Gasteiger partial charge in [0.1, 0.15) is 18.2 Å². The number of aryl methyl sites for hydroxylation is 2. The smallest absolute Gasteiger partial charge is 0.216 e. The van der Waals surface area contributed by atoms with Gasteiger partial charge in [-0.05, 0) is 49.4 Å². The molecule has 0 bridgehead atoms. The molecule has 0 fully saturated rings. The Morgan fingerprint density at radius 1 is 1.17 bits per heavy atom. The summed E-state index contributed by atoms with van der Waals surface area (Å²) < 4.78 is 49.6. The Morgan fingerprint density at radius 2 is 1.93 bits per heavy atom. The van der Waals surface area contributed by atoms with E-state index in [1.165, 1.54) is 6.92 Å². The second-order valence-electron chi connectivity index (χ2n) is 7.73. The molecular weight excluding hydrogens is 356 g/mol. The number of benzene rings is 2. The Labute approximate surface area is 179 Å². The molecular formula is C26H27N2O+. The van der Waals surface area contributed by atoms with E-state index in [1.54, 1.807) is 37.6 Å². The van der Waals surface area contributed by atoms with E-state index in [0.29, 0.717) is 39.4 Å². The van der Waals surface area contributed by atoms with E-state index in [1.807, 2.05) is 19.9 Å². The monoisotopic (exact) mass is 388 g/mol. The van der Waals surface area contributed by atoms with Crippen molar-refractivity contribution in [1.29, 1.82) is 0 Å². The average molecular weight is 389 g/mol. The highest BCUT2D eigenvalue weighted by Gasteiger charge is 2.26. The third-order valence-corrected chi connectivity index (χ3v) is 5.74. The number of nitrogens with zero attached hydrogens (tertiary/aromatic N) is 2. The Balaban J connectivity index is 2.15. The molecule has 0 spiro atoms. The fourth-order valence-corrected chi connectivity index (χ4v) is 4.38. The molecule has 146 valence electrons. The zero-order valence-electron chi connectivity index (χ0n) is 22.6. The summed E-state index contributed by atoms with van der Waals surface area (Å²) in [7, 11) is 1.80. The number of aromatic nitrogens is 1. The predicted octanol–water partition coefficient (Wildman–Crippen LogP) is 6.99. The van der Waals surface area contributed by atoms with Crippen LogP contribution in [0.4, 0.5) is 5.69 Å². The minimum absolute atomic E-state index is 0.168. The largest absolute Gasteiger partial charge is 0.456 e. The van der Waals surface area contributed by atoms with Crippen molar-refractivity contribution in [2.45, 2.75) is 47.4 Å². The normalized spacial score (nSPS) is 16.5. The van der Waals surface area contributed by atoms with Crippen LogP contribution in [-0.4, -0.2) is 0 Å². The molecule has 0 aliphatic rings. The minimum Gasteiger partial charge on any atom is -0.456 e. The van der Waals surface area contributed by atoms with Crippen LogP contribution in [0.5, 0.6) is 0 Å². The van der Waals surface area contributed by atoms with E-state index < -0.39 is 12.7 Å². The van der Waals surface area contributed by atoms with E-state index in [0.717, 1.165) is 27.5 Å². The summed E-state index contributed by atoms with van der Waals surface area (Å²) in [5, 5.41) is 1.83. The lowest BCUT2D eigenvalue weighted by Gasteiger charge is -2.15. The van der Waals surface area contributed by atoms with Crippen molar-refractivity contribution in [2.75, 3.05) is 0 Å². The van der Waals surface area contributed by atoms with Gasteiger partial charge in [-0.1, -0.05) is 32.0 Å². The summed E-state index contributed by atoms with van der Waals surface area (Å²) in [5.74, 6) is -1.86. The molecule has 3 heteroatoms. The first-order chi connectivity index (χ1) is 15.7. The number of pyridine rings is 1. The van der Waals surface area contributed by atoms with Crippen LogP contribution < -0.4 is 4.57 Å². The van der Waals surface area contributed by atoms with E-state index >= 15 is 0 Å². The van der Waals surface area contributed by atoms with Crippen LogP contribution in [0.2, 0.25) is 0 Å². The maximum atomic E-state index is 9.05. The van der Waals surface area contributed by atoms with Gasteiger partial charge >= 0.3 is 0 Å². The fraction of sp³-hybridized carbons (Fsp3) is 0.308. The number of furan rings is 1. The first-order valence-corrected chi connectivity index (χ1v) is 9.57. The highest BCUT2D eigenvalue weighted by atomic mass is 16.3. The minimum atomic E-state index is -2.55. The summed E-state index contributed by atoms with van der Waals surface area (Å²) >= 11 is 0. The number of fused-ring (bicyclic) bond motifs is 3. The molecule has 4 rings (SSSR count). The Hall–Kier alpha value is -3.12. The van der Waals surface area contributed by atoms with Crippen molar-refractivity contribution in [2.24, 2.45) is 7.05 Å². The number of rotatable bonds is 2. The second-order valence-corrected chi connectivity index (χ2v) is 7.73. The van der Waals surface area contributed by atoms with Crippen molar-refractivity contribution in [3.05, 3.63) is 69.7 Å². The summed E-state index contributed by atoms with van der Waals surface area (Å²) in [4.78, 5) is 3.51. The van der Waals surface area contributed by atoms with Gasteiger partial charge in [-0.25, -0.2) is 4.85 Å². The van der Waals surface area contributed by atoms with Crippen LogP contribution in [0, 0.1) is 34.3 Å². The van der Waals surface area contributed by atoms with E-state index in [-0.39, 0.29) is 6.04 Å². The maximum absolute atomic E-state index is 9.05. The van der Waals surface area contributed by atoms with E-state index in [4.69, 9.17) is 17.8 Å². The molecule has 0 amide bonds. The lowest BCUT2D eigenvalue weighted by atomic mass is 9.92. The van der Waals surface area contributed by atoms with Crippen LogP contribution in [0.15, 0.2) is 34.7 Å². The third-order valence-electron chi connectivity index (χ3n) is 5.74. The van der Waals surface area contributed by atoms with Gasteiger partial charge in [-0.15, -0.1) is 0 Å². The van der Waals surface area contributed by atoms with Crippen molar-refractivity contribution < 1.29 is 15.8 Å². The quantitative estimate of drug-likeness (QED) is 0.268. The molecule has 29 heavy (non-hydrogen) atoms. The molecule has 4 aromatic rings. The summed E-state index contributed by atoms with van der Waals surface area (Å²) in [5.41, 5.74) is 6.49. The van der Waals surface area contributed by atoms with Gasteiger partial charge in [0.15, 0.2) is 11.4 Å². The molecule has 0 radical (unpaired) electrons. The molecule has 0 N–H and O–H groups in total. The Kier molecular flexibility index (Phi) is 3.24. The molecule has 1 unspecified atom stereocenters. The number of hydrogen-bond acceptors (Lipinski definition) is 1. The van der Waals surface area contributed by atoms with E-state index in [2.05, 4.69) is 10.9 Å². The van der Waals surface area contributed by atoms with Gasteiger partial charge in [-0.3, -0.25) is 0 Å². The van der Waals surface area contributed by atoms with E-state index in [9.17, 15) is 0 Å². The van der Waals surface area contributed by atoms with Gasteiger partial charge < -0.3 is 4.42 Å². The van der Waals surface area contributed by atoms with Gasteiger partial charge in [0, 0.05) is 34.8 Å². The molecule has 2 aromatic heterocycles. The maximum Gasteiger partial charge on any atom is 0.216 e. The topological polar surface area (TPSA) is 21.4 Å². The van der Waals surface area contributed by atoms with Crippen LogP contribution in [0.25, 0.3) is 38.0 Å². The Morgan fingerprint density at radius 3 is 2.62 bits per heavy atom. The van der Waals surface area contributed by atoms with Crippen LogP contribution in [0.3, 0.4) is 0 Å². The molecule has 0 saturated carbocycles. The highest BCUT2D eigenvalue weighted by Crippen LogP contribution is 2.40. The van der Waals surface area contributed by atoms with Crippen molar-refractivity contribution in [1.82, 2.24) is 0 Å². The summed E-state index contributed by atoms with van der Waals surface area (Å²) in [6.45, 7) is 13.7. The predicted molar refractivity (Wildman–Crippen MR) is 120 cm³/mol. The molecule has 2 heterocycles. The second kappa shape index (κ2) is 6.74. The van der Waals surface area contributed by atoms with Crippen LogP contribution in [0.1, 0.15) is 54.5 Å². The third kappa shape index (κ3) is 2.83. The molecule has 1 atom stereocenters. The number of hydrogen-bond donors (Lipinski definition) is 0. The van der Waals surface area contributed by atoms with Gasteiger partial charge in [0.25, 0.3) is 0 Å². The molecule has 0 aliphatic carbocycles. The van der Waals surface area contributed by atoms with Crippen LogP contribution >= 0.6 is 0 Å². The molecule has 0 saturated heterocycles. The summed E-state index contributed by atoms with van der Waals surface area (Å²) in [6, 6.07) is 7.62. The molecule has 3 nitrogen and oxygen atoms in total. The molecule has 2 aromatic carbocycles. The van der Waals surface area contributed by atoms with Crippen molar-refractivity contribution >= 4 is 27.6 Å². The zero-order valence-corrected chi connectivity index (χ0v) is 17.6. The Bertz CT molecular complexity index is 1510. The fourth-order valence-electron chi connectivity index (χ4n) is 4.38. The van der Waals surface area contributed by atoms with Gasteiger partial charge in [0.05, 0.1) is 13.5 Å². The van der Waals surface area contributed by atoms with Crippen molar-refractivity contribution in [3.63, 3.8) is 0 Å².